The highest BCUT2D eigenvalue weighted by atomic mass is 15.1. The topological polar surface area (TPSA) is 117 Å². The van der Waals surface area contributed by atoms with Crippen LogP contribution < -0.4 is 5.73 Å². The minimum absolute atomic E-state index is 0.00319. The van der Waals surface area contributed by atoms with Gasteiger partial charge in [-0.15, -0.1) is 0 Å². The molecule has 0 atom stereocenters. The normalized spacial score (nSPS) is 10.0. The summed E-state index contributed by atoms with van der Waals surface area (Å²) in [7, 11) is 0. The molecule has 0 aliphatic carbocycles. The fourth-order valence-electron chi connectivity index (χ4n) is 2.19. The van der Waals surface area contributed by atoms with E-state index in [0.717, 1.165) is 11.3 Å². The van der Waals surface area contributed by atoms with Crippen LogP contribution in [0.5, 0.6) is 0 Å². The highest BCUT2D eigenvalue weighted by molar-refractivity contribution is 5.87. The van der Waals surface area contributed by atoms with Gasteiger partial charge in [0.05, 0.1) is 5.70 Å². The van der Waals surface area contributed by atoms with Crippen molar-refractivity contribution in [2.45, 2.75) is 6.92 Å². The number of hydrogen-bond donors (Lipinski definition) is 1. The molecule has 3 aromatic rings. The second-order valence-electron chi connectivity index (χ2n) is 4.86. The van der Waals surface area contributed by atoms with E-state index in [9.17, 15) is 0 Å². The van der Waals surface area contributed by atoms with Crippen molar-refractivity contribution in [2.75, 3.05) is 0 Å². The number of rotatable bonds is 2. The Hall–Kier alpha value is -3.71. The molecule has 7 heteroatoms. The van der Waals surface area contributed by atoms with Crippen molar-refractivity contribution in [3.63, 3.8) is 0 Å². The second-order valence-corrected chi connectivity index (χ2v) is 4.86. The van der Waals surface area contributed by atoms with Crippen LogP contribution in [0.3, 0.4) is 0 Å². The van der Waals surface area contributed by atoms with Crippen molar-refractivity contribution < 1.29 is 0 Å². The Labute approximate surface area is 132 Å². The zero-order valence-corrected chi connectivity index (χ0v) is 12.2. The molecule has 2 N–H and O–H groups in total. The average molecular weight is 301 g/mol. The van der Waals surface area contributed by atoms with Crippen molar-refractivity contribution in [3.8, 4) is 17.8 Å². The molecule has 7 nitrogen and oxygen atoms in total. The molecule has 0 saturated carbocycles. The zero-order chi connectivity index (χ0) is 16.4. The highest BCUT2D eigenvalue weighted by Gasteiger charge is 2.15. The Bertz CT molecular complexity index is 982. The fourth-order valence-corrected chi connectivity index (χ4v) is 2.19. The van der Waals surface area contributed by atoms with Gasteiger partial charge in [0, 0.05) is 5.69 Å². The number of fused-ring (bicyclic) bond motifs is 1. The van der Waals surface area contributed by atoms with Gasteiger partial charge in [-0.3, -0.25) is 4.57 Å². The Morgan fingerprint density at radius 2 is 1.78 bits per heavy atom. The van der Waals surface area contributed by atoms with E-state index in [2.05, 4.69) is 15.0 Å². The molecular weight excluding hydrogens is 290 g/mol. The van der Waals surface area contributed by atoms with Gasteiger partial charge in [0.15, 0.2) is 11.2 Å². The summed E-state index contributed by atoms with van der Waals surface area (Å²) in [6, 6.07) is 11.4. The summed E-state index contributed by atoms with van der Waals surface area (Å²) < 4.78 is 1.80. The number of imidazole rings is 1. The molecule has 0 unspecified atom stereocenters. The van der Waals surface area contributed by atoms with E-state index < -0.39 is 0 Å². The van der Waals surface area contributed by atoms with Gasteiger partial charge in [0.25, 0.3) is 0 Å². The summed E-state index contributed by atoms with van der Waals surface area (Å²) in [4.78, 5) is 12.6. The molecule has 0 radical (unpaired) electrons. The lowest BCUT2D eigenvalue weighted by Gasteiger charge is -2.05. The lowest BCUT2D eigenvalue weighted by Crippen LogP contribution is -2.04. The van der Waals surface area contributed by atoms with Gasteiger partial charge in [-0.2, -0.15) is 10.5 Å². The van der Waals surface area contributed by atoms with Crippen molar-refractivity contribution in [1.29, 1.82) is 10.5 Å². The Morgan fingerprint density at radius 3 is 2.43 bits per heavy atom. The summed E-state index contributed by atoms with van der Waals surface area (Å²) in [6.45, 7) is 2.01. The molecule has 3 rings (SSSR count). The maximum Gasteiger partial charge on any atom is 0.168 e. The Kier molecular flexibility index (Phi) is 3.46. The van der Waals surface area contributed by atoms with E-state index in [-0.39, 0.29) is 17.0 Å². The molecule has 2 aromatic heterocycles. The van der Waals surface area contributed by atoms with E-state index >= 15 is 0 Å². The van der Waals surface area contributed by atoms with Crippen LogP contribution in [0.1, 0.15) is 11.3 Å². The van der Waals surface area contributed by atoms with Crippen LogP contribution in [-0.2, 0) is 0 Å². The van der Waals surface area contributed by atoms with Crippen molar-refractivity contribution in [2.24, 2.45) is 5.73 Å². The molecule has 110 valence electrons. The minimum atomic E-state index is -0.199. The number of hydrogen-bond acceptors (Lipinski definition) is 6. The van der Waals surface area contributed by atoms with Crippen LogP contribution in [-0.4, -0.2) is 19.5 Å². The van der Waals surface area contributed by atoms with Gasteiger partial charge < -0.3 is 5.73 Å². The SMILES string of the molecule is Cc1ccc(-n2cnc3c(C(N)=C(C#N)C#N)ncnc32)cc1. The highest BCUT2D eigenvalue weighted by Crippen LogP contribution is 2.22. The van der Waals surface area contributed by atoms with Gasteiger partial charge in [0.1, 0.15) is 36.0 Å². The molecule has 2 heterocycles. The predicted octanol–water partition coefficient (Wildman–Crippen LogP) is 1.84. The first kappa shape index (κ1) is 14.2. The number of aryl methyl sites for hydroxylation is 1. The van der Waals surface area contributed by atoms with Crippen LogP contribution in [0.15, 0.2) is 42.5 Å². The zero-order valence-electron chi connectivity index (χ0n) is 12.2. The fraction of sp³-hybridized carbons (Fsp3) is 0.0625. The van der Waals surface area contributed by atoms with Gasteiger partial charge in [0.2, 0.25) is 0 Å². The molecule has 0 bridgehead atoms. The largest absolute Gasteiger partial charge is 0.395 e. The third-order valence-electron chi connectivity index (χ3n) is 3.39. The van der Waals surface area contributed by atoms with E-state index in [1.165, 1.54) is 6.33 Å². The van der Waals surface area contributed by atoms with E-state index in [1.54, 1.807) is 23.0 Å². The number of aromatic nitrogens is 4. The Morgan fingerprint density at radius 1 is 1.09 bits per heavy atom. The van der Waals surface area contributed by atoms with Crippen LogP contribution in [0.4, 0.5) is 0 Å². The predicted molar refractivity (Wildman–Crippen MR) is 83.7 cm³/mol. The van der Waals surface area contributed by atoms with E-state index in [1.807, 2.05) is 31.2 Å². The third kappa shape index (κ3) is 2.37. The molecule has 0 saturated heterocycles. The first-order valence-electron chi connectivity index (χ1n) is 6.71. The minimum Gasteiger partial charge on any atom is -0.395 e. The molecule has 0 amide bonds. The maximum atomic E-state index is 8.96. The number of nitrogens with two attached hydrogens (primary N) is 1. The van der Waals surface area contributed by atoms with Crippen LogP contribution in [0.2, 0.25) is 0 Å². The summed E-state index contributed by atoms with van der Waals surface area (Å²) >= 11 is 0. The molecule has 1 aromatic carbocycles. The summed E-state index contributed by atoms with van der Waals surface area (Å²) in [5.41, 5.74) is 9.00. The molecule has 23 heavy (non-hydrogen) atoms. The van der Waals surface area contributed by atoms with E-state index in [4.69, 9.17) is 16.3 Å². The van der Waals surface area contributed by atoms with Crippen molar-refractivity contribution >= 4 is 16.9 Å². The summed E-state index contributed by atoms with van der Waals surface area (Å²) in [5, 5.41) is 17.9. The van der Waals surface area contributed by atoms with Crippen molar-refractivity contribution in [1.82, 2.24) is 19.5 Å². The first-order valence-corrected chi connectivity index (χ1v) is 6.71. The second kappa shape index (κ2) is 5.58. The molecule has 0 spiro atoms. The first-order chi connectivity index (χ1) is 11.2. The standard InChI is InChI=1S/C16H11N7/c1-10-2-4-12(5-3-10)23-9-22-15-14(20-8-21-16(15)23)13(19)11(6-17)7-18/h2-5,8-9H,19H2,1H3. The third-order valence-corrected chi connectivity index (χ3v) is 3.39. The average Bonchev–Trinajstić information content (AvgIpc) is 3.00. The summed E-state index contributed by atoms with van der Waals surface area (Å²) in [5.74, 6) is 0. The number of nitriles is 2. The van der Waals surface area contributed by atoms with Gasteiger partial charge in [-0.05, 0) is 19.1 Å². The monoisotopic (exact) mass is 301 g/mol. The van der Waals surface area contributed by atoms with Crippen LogP contribution in [0.25, 0.3) is 22.5 Å². The van der Waals surface area contributed by atoms with Crippen LogP contribution >= 0.6 is 0 Å². The number of allylic oxidation sites excluding steroid dienone is 1. The maximum absolute atomic E-state index is 8.96. The quantitative estimate of drug-likeness (QED) is 0.722. The Balaban J connectivity index is 2.23. The van der Waals surface area contributed by atoms with Gasteiger partial charge in [-0.1, -0.05) is 17.7 Å². The van der Waals surface area contributed by atoms with Crippen LogP contribution in [0, 0.1) is 29.6 Å². The smallest absolute Gasteiger partial charge is 0.168 e. The van der Waals surface area contributed by atoms with Crippen molar-refractivity contribution in [3.05, 3.63) is 53.8 Å². The van der Waals surface area contributed by atoms with Gasteiger partial charge in [-0.25, -0.2) is 15.0 Å². The lowest BCUT2D eigenvalue weighted by atomic mass is 10.2. The molecule has 0 aliphatic rings. The van der Waals surface area contributed by atoms with Gasteiger partial charge >= 0.3 is 0 Å². The lowest BCUT2D eigenvalue weighted by molar-refractivity contribution is 1.06. The molecule has 0 fully saturated rings. The number of benzene rings is 1. The summed E-state index contributed by atoms with van der Waals surface area (Å²) in [6.07, 6.45) is 2.95. The van der Waals surface area contributed by atoms with E-state index in [0.29, 0.717) is 11.2 Å². The molecule has 0 aliphatic heterocycles. The number of nitrogens with zero attached hydrogens (tertiary/aromatic N) is 6. The molecular formula is C16H11N7.